The number of alkyl halides is 12. The molecule has 0 aliphatic heterocycles. The zero-order valence-corrected chi connectivity index (χ0v) is 13.9. The zero-order chi connectivity index (χ0) is 27.9. The van der Waals surface area contributed by atoms with Crippen molar-refractivity contribution in [3.63, 3.8) is 0 Å². The van der Waals surface area contributed by atoms with Gasteiger partial charge in [-0.25, -0.2) is 19.2 Å². The molecule has 33 heavy (non-hydrogen) atoms. The SMILES string of the molecule is O=C(O)C(F)(F)F.O=C(O)C(F)(F)F.O=C(O)C(F)(F)F.O=C(O)C(F)(F)F.OB(O)O.[LiH]. The van der Waals surface area contributed by atoms with Crippen molar-refractivity contribution < 1.29 is 107 Å². The molecule has 0 rings (SSSR count). The number of carbonyl (C=O) groups is 4. The minimum absolute atomic E-state index is 0. The van der Waals surface area contributed by atoms with Gasteiger partial charge in [-0.1, -0.05) is 0 Å². The van der Waals surface area contributed by atoms with Crippen LogP contribution in [0.3, 0.4) is 0 Å². The molecule has 0 aliphatic rings. The first-order chi connectivity index (χ1) is 13.5. The van der Waals surface area contributed by atoms with Crippen LogP contribution in [0.1, 0.15) is 0 Å². The van der Waals surface area contributed by atoms with Gasteiger partial charge in [-0.3, -0.25) is 0 Å². The van der Waals surface area contributed by atoms with Gasteiger partial charge in [-0.2, -0.15) is 52.7 Å². The van der Waals surface area contributed by atoms with E-state index in [2.05, 4.69) is 0 Å². The molecule has 0 bridgehead atoms. The first kappa shape index (κ1) is 44.3. The van der Waals surface area contributed by atoms with E-state index in [1.807, 2.05) is 0 Å². The molecule has 0 spiro atoms. The van der Waals surface area contributed by atoms with Gasteiger partial charge < -0.3 is 35.5 Å². The number of aliphatic carboxylic acids is 4. The second-order valence-corrected chi connectivity index (χ2v) is 3.56. The Bertz CT molecular complexity index is 485. The van der Waals surface area contributed by atoms with Crippen molar-refractivity contribution in [3.05, 3.63) is 0 Å². The molecule has 0 aromatic heterocycles. The summed E-state index contributed by atoms with van der Waals surface area (Å²) < 4.78 is 127. The normalized spacial score (nSPS) is 10.4. The molecule has 0 saturated carbocycles. The molecule has 0 aromatic carbocycles. The van der Waals surface area contributed by atoms with Gasteiger partial charge in [-0.05, 0) is 0 Å². The molecule has 0 atom stereocenters. The summed E-state index contributed by atoms with van der Waals surface area (Å²) in [5.74, 6) is -11.0. The van der Waals surface area contributed by atoms with Gasteiger partial charge in [0.2, 0.25) is 0 Å². The Labute approximate surface area is 183 Å². The Morgan fingerprint density at radius 3 is 0.455 bits per heavy atom. The summed E-state index contributed by atoms with van der Waals surface area (Å²) in [6, 6.07) is 0. The predicted molar refractivity (Wildman–Crippen MR) is 74.3 cm³/mol. The van der Waals surface area contributed by atoms with E-state index in [4.69, 9.17) is 54.7 Å². The van der Waals surface area contributed by atoms with Crippen LogP contribution < -0.4 is 0 Å². The Morgan fingerprint density at radius 2 is 0.455 bits per heavy atom. The summed E-state index contributed by atoms with van der Waals surface area (Å²) in [6.07, 6.45) is -20.3. The Hall–Kier alpha value is -2.42. The van der Waals surface area contributed by atoms with Crippen LogP contribution in [-0.4, -0.2) is 110 Å². The molecular weight excluding hydrogens is 518 g/mol. The van der Waals surface area contributed by atoms with Gasteiger partial charge in [0, 0.05) is 0 Å². The molecule has 0 aliphatic carbocycles. The van der Waals surface area contributed by atoms with Crippen LogP contribution in [-0.2, 0) is 19.2 Å². The van der Waals surface area contributed by atoms with Crippen molar-refractivity contribution in [2.24, 2.45) is 0 Å². The summed E-state index contributed by atoms with van der Waals surface area (Å²) in [6.45, 7) is 0. The van der Waals surface area contributed by atoms with E-state index in [-0.39, 0.29) is 18.9 Å². The molecule has 7 N–H and O–H groups in total. The average molecular weight is 526 g/mol. The molecule has 25 heteroatoms. The zero-order valence-electron chi connectivity index (χ0n) is 13.9. The second-order valence-electron chi connectivity index (χ2n) is 3.56. The van der Waals surface area contributed by atoms with Crippen LogP contribution in [0, 0.1) is 0 Å². The van der Waals surface area contributed by atoms with Crippen molar-refractivity contribution in [2.45, 2.75) is 24.7 Å². The van der Waals surface area contributed by atoms with E-state index < -0.39 is 55.9 Å². The van der Waals surface area contributed by atoms with Gasteiger partial charge in [0.1, 0.15) is 0 Å². The number of hydrogen-bond acceptors (Lipinski definition) is 7. The number of rotatable bonds is 0. The Morgan fingerprint density at radius 1 is 0.424 bits per heavy atom. The van der Waals surface area contributed by atoms with Gasteiger partial charge in [-0.15, -0.1) is 0 Å². The van der Waals surface area contributed by atoms with E-state index in [0.717, 1.165) is 0 Å². The Balaban J connectivity index is -0.0000000693. The summed E-state index contributed by atoms with van der Waals surface area (Å²) in [5.41, 5.74) is 0. The van der Waals surface area contributed by atoms with Gasteiger partial charge in [0.05, 0.1) is 0 Å². The van der Waals surface area contributed by atoms with E-state index in [9.17, 15) is 52.7 Å². The number of halogens is 12. The van der Waals surface area contributed by atoms with Crippen LogP contribution in [0.15, 0.2) is 0 Å². The minimum atomic E-state index is -5.08. The molecule has 0 unspecified atom stereocenters. The van der Waals surface area contributed by atoms with E-state index in [1.54, 1.807) is 0 Å². The topological polar surface area (TPSA) is 210 Å². The molecule has 0 radical (unpaired) electrons. The standard InChI is InChI=1S/4C2HF3O2.BH3O3.Li.H/c4*3-2(4,5)1(6)7;2-1(3)4;;/h4*(H,6,7);2-4H;;. The van der Waals surface area contributed by atoms with E-state index in [0.29, 0.717) is 0 Å². The Kier molecular flexibility index (Phi) is 24.2. The number of carboxylic acid groups (broad SMARTS) is 4. The maximum absolute atomic E-state index is 10.6. The third kappa shape index (κ3) is 48.3. The van der Waals surface area contributed by atoms with Gasteiger partial charge in [0.15, 0.2) is 0 Å². The number of hydrogen-bond donors (Lipinski definition) is 7. The first-order valence-electron chi connectivity index (χ1n) is 5.75. The third-order valence-corrected chi connectivity index (χ3v) is 0.970. The summed E-state index contributed by atoms with van der Waals surface area (Å²) in [5, 5.41) is 50.0. The summed E-state index contributed by atoms with van der Waals surface area (Å²) >= 11 is 0. The van der Waals surface area contributed by atoms with E-state index in [1.165, 1.54) is 0 Å². The maximum atomic E-state index is 10.6. The fourth-order valence-electron chi connectivity index (χ4n) is 0. The van der Waals surface area contributed by atoms with Crippen LogP contribution in [0.5, 0.6) is 0 Å². The summed E-state index contributed by atoms with van der Waals surface area (Å²) in [4.78, 5) is 35.6. The average Bonchev–Trinajstić information content (AvgIpc) is 2.44. The molecule has 0 saturated heterocycles. The van der Waals surface area contributed by atoms with Crippen molar-refractivity contribution >= 4 is 50.1 Å². The van der Waals surface area contributed by atoms with Gasteiger partial charge in [0.25, 0.3) is 0 Å². The molecule has 11 nitrogen and oxygen atoms in total. The van der Waals surface area contributed by atoms with Crippen molar-refractivity contribution in [1.29, 1.82) is 0 Å². The van der Waals surface area contributed by atoms with Crippen molar-refractivity contribution in [3.8, 4) is 0 Å². The molecule has 0 aromatic rings. The molecular formula is C8H8BF12LiO11. The van der Waals surface area contributed by atoms with Crippen LogP contribution in [0.2, 0.25) is 0 Å². The van der Waals surface area contributed by atoms with E-state index >= 15 is 0 Å². The second kappa shape index (κ2) is 18.1. The molecule has 0 amide bonds. The fourth-order valence-corrected chi connectivity index (χ4v) is 0. The number of carboxylic acids is 4. The van der Waals surface area contributed by atoms with Crippen LogP contribution in [0.4, 0.5) is 52.7 Å². The van der Waals surface area contributed by atoms with Crippen molar-refractivity contribution in [2.75, 3.05) is 0 Å². The van der Waals surface area contributed by atoms with Crippen LogP contribution >= 0.6 is 0 Å². The fraction of sp³-hybridized carbons (Fsp3) is 0.500. The molecule has 194 valence electrons. The summed E-state index contributed by atoms with van der Waals surface area (Å²) in [7, 11) is -2.17. The monoisotopic (exact) mass is 526 g/mol. The first-order valence-corrected chi connectivity index (χ1v) is 5.75. The predicted octanol–water partition coefficient (Wildman–Crippen LogP) is -0.167. The third-order valence-electron chi connectivity index (χ3n) is 0.970. The quantitative estimate of drug-likeness (QED) is 0.163. The van der Waals surface area contributed by atoms with Gasteiger partial charge >= 0.3 is 74.8 Å². The molecule has 0 heterocycles. The van der Waals surface area contributed by atoms with Crippen molar-refractivity contribution in [1.82, 2.24) is 0 Å². The molecule has 0 fully saturated rings. The van der Waals surface area contributed by atoms with Crippen LogP contribution in [0.25, 0.3) is 0 Å².